The Kier molecular flexibility index (Phi) is 7.02. The summed E-state index contributed by atoms with van der Waals surface area (Å²) in [6, 6.07) is 18.3. The quantitative estimate of drug-likeness (QED) is 0.807. The Morgan fingerprint density at radius 1 is 0.926 bits per heavy atom. The summed E-state index contributed by atoms with van der Waals surface area (Å²) in [5.74, 6) is -0.0483. The molecule has 0 aromatic heterocycles. The second kappa shape index (κ2) is 9.67. The van der Waals surface area contributed by atoms with Crippen molar-refractivity contribution in [1.29, 1.82) is 0 Å². The summed E-state index contributed by atoms with van der Waals surface area (Å²) in [7, 11) is 0. The van der Waals surface area contributed by atoms with Gasteiger partial charge in [-0.1, -0.05) is 56.3 Å². The third-order valence-electron chi connectivity index (χ3n) is 5.47. The second-order valence-corrected chi connectivity index (χ2v) is 7.27. The number of carbonyl (C=O) groups excluding carboxylic acids is 1. The van der Waals surface area contributed by atoms with Crippen molar-refractivity contribution in [1.82, 2.24) is 9.80 Å². The number of nitrogens with zero attached hydrogens (tertiary/aromatic N) is 2. The Bertz CT molecular complexity index is 706. The number of benzene rings is 2. The van der Waals surface area contributed by atoms with Crippen LogP contribution in [0.1, 0.15) is 37.3 Å². The van der Waals surface area contributed by atoms with E-state index in [2.05, 4.69) is 41.1 Å². The Morgan fingerprint density at radius 3 is 2.15 bits per heavy atom. The molecule has 0 saturated carbocycles. The van der Waals surface area contributed by atoms with Crippen molar-refractivity contribution < 1.29 is 4.79 Å². The van der Waals surface area contributed by atoms with Gasteiger partial charge in [0.2, 0.25) is 5.91 Å². The zero-order valence-corrected chi connectivity index (χ0v) is 16.5. The van der Waals surface area contributed by atoms with Crippen LogP contribution in [0.2, 0.25) is 0 Å². The van der Waals surface area contributed by atoms with Gasteiger partial charge in [0.05, 0.1) is 5.92 Å². The lowest BCUT2D eigenvalue weighted by Crippen LogP contribution is -2.45. The molecular weight excluding hydrogens is 334 g/mol. The first-order valence-corrected chi connectivity index (χ1v) is 10.1. The summed E-state index contributed by atoms with van der Waals surface area (Å²) in [5.41, 5.74) is 3.24. The van der Waals surface area contributed by atoms with Gasteiger partial charge in [0.1, 0.15) is 0 Å². The van der Waals surface area contributed by atoms with Gasteiger partial charge in [0.25, 0.3) is 0 Å². The van der Waals surface area contributed by atoms with Gasteiger partial charge < -0.3 is 10.2 Å². The van der Waals surface area contributed by atoms with Crippen LogP contribution in [0.3, 0.4) is 0 Å². The Balaban J connectivity index is 1.55. The smallest absolute Gasteiger partial charge is 0.231 e. The lowest BCUT2D eigenvalue weighted by Gasteiger charge is -2.34. The molecule has 4 nitrogen and oxygen atoms in total. The van der Waals surface area contributed by atoms with Crippen LogP contribution in [0.5, 0.6) is 0 Å². The number of amides is 1. The average molecular weight is 366 g/mol. The van der Waals surface area contributed by atoms with Crippen molar-refractivity contribution in [3.05, 3.63) is 65.7 Å². The molecule has 0 bridgehead atoms. The fourth-order valence-electron chi connectivity index (χ4n) is 3.70. The Labute approximate surface area is 163 Å². The maximum absolute atomic E-state index is 12.7. The van der Waals surface area contributed by atoms with Crippen molar-refractivity contribution in [3.63, 3.8) is 0 Å². The number of likely N-dealkylation sites (N-methyl/N-ethyl adjacent to an activating group) is 1. The lowest BCUT2D eigenvalue weighted by molar-refractivity contribution is -0.117. The number of piperazine rings is 1. The molecule has 27 heavy (non-hydrogen) atoms. The van der Waals surface area contributed by atoms with Crippen molar-refractivity contribution in [2.75, 3.05) is 38.0 Å². The molecule has 1 amide bonds. The highest BCUT2D eigenvalue weighted by Crippen LogP contribution is 2.22. The minimum absolute atomic E-state index is 0.0622. The number of hydrogen-bond acceptors (Lipinski definition) is 3. The van der Waals surface area contributed by atoms with E-state index in [1.54, 1.807) is 0 Å². The molecule has 1 N–H and O–H groups in total. The first-order valence-electron chi connectivity index (χ1n) is 10.1. The third kappa shape index (κ3) is 5.41. The fraction of sp³-hybridized carbons (Fsp3) is 0.435. The van der Waals surface area contributed by atoms with E-state index in [0.29, 0.717) is 0 Å². The van der Waals surface area contributed by atoms with Gasteiger partial charge in [-0.15, -0.1) is 0 Å². The van der Waals surface area contributed by atoms with E-state index in [1.807, 2.05) is 42.5 Å². The van der Waals surface area contributed by atoms with Crippen LogP contribution < -0.4 is 5.32 Å². The molecule has 1 aliphatic heterocycles. The molecule has 2 aromatic rings. The topological polar surface area (TPSA) is 35.6 Å². The van der Waals surface area contributed by atoms with Crippen LogP contribution in [0.25, 0.3) is 0 Å². The van der Waals surface area contributed by atoms with Crippen molar-refractivity contribution in [2.24, 2.45) is 0 Å². The van der Waals surface area contributed by atoms with Crippen LogP contribution in [-0.4, -0.2) is 48.4 Å². The van der Waals surface area contributed by atoms with Gasteiger partial charge in [-0.3, -0.25) is 9.69 Å². The van der Waals surface area contributed by atoms with Gasteiger partial charge in [0.15, 0.2) is 0 Å². The Hall–Kier alpha value is -2.17. The number of rotatable bonds is 7. The standard InChI is InChI=1S/C23H31N3O/c1-3-22(20-8-6-5-7-9-20)23(27)24-21-12-10-19(11-13-21)18-26-16-14-25(4-2)15-17-26/h5-13,22H,3-4,14-18H2,1-2H3,(H,24,27)/t22-/m1/s1. The van der Waals surface area contributed by atoms with E-state index in [1.165, 1.54) is 5.56 Å². The van der Waals surface area contributed by atoms with E-state index < -0.39 is 0 Å². The lowest BCUT2D eigenvalue weighted by atomic mass is 9.95. The van der Waals surface area contributed by atoms with Crippen molar-refractivity contribution in [2.45, 2.75) is 32.7 Å². The average Bonchev–Trinajstić information content (AvgIpc) is 2.71. The number of nitrogens with one attached hydrogen (secondary N) is 1. The molecule has 0 radical (unpaired) electrons. The Morgan fingerprint density at radius 2 is 1.56 bits per heavy atom. The molecule has 144 valence electrons. The number of carbonyl (C=O) groups is 1. The van der Waals surface area contributed by atoms with E-state index in [-0.39, 0.29) is 11.8 Å². The minimum Gasteiger partial charge on any atom is -0.326 e. The molecule has 1 atom stereocenters. The number of hydrogen-bond donors (Lipinski definition) is 1. The maximum atomic E-state index is 12.7. The van der Waals surface area contributed by atoms with Gasteiger partial charge in [-0.2, -0.15) is 0 Å². The number of anilines is 1. The third-order valence-corrected chi connectivity index (χ3v) is 5.47. The molecule has 1 saturated heterocycles. The summed E-state index contributed by atoms with van der Waals surface area (Å²) < 4.78 is 0. The zero-order valence-electron chi connectivity index (χ0n) is 16.5. The maximum Gasteiger partial charge on any atom is 0.231 e. The highest BCUT2D eigenvalue weighted by atomic mass is 16.1. The largest absolute Gasteiger partial charge is 0.326 e. The monoisotopic (exact) mass is 365 g/mol. The molecule has 0 aliphatic carbocycles. The van der Waals surface area contributed by atoms with Crippen LogP contribution in [0.15, 0.2) is 54.6 Å². The van der Waals surface area contributed by atoms with Gasteiger partial charge in [-0.05, 0) is 36.2 Å². The van der Waals surface area contributed by atoms with Gasteiger partial charge in [-0.25, -0.2) is 0 Å². The van der Waals surface area contributed by atoms with E-state index in [0.717, 1.165) is 56.9 Å². The molecule has 1 aliphatic rings. The molecule has 4 heteroatoms. The molecule has 3 rings (SSSR count). The van der Waals surface area contributed by atoms with Gasteiger partial charge >= 0.3 is 0 Å². The van der Waals surface area contributed by atoms with Crippen molar-refractivity contribution >= 4 is 11.6 Å². The molecule has 1 heterocycles. The van der Waals surface area contributed by atoms with Crippen molar-refractivity contribution in [3.8, 4) is 0 Å². The van der Waals surface area contributed by atoms with Crippen LogP contribution in [0, 0.1) is 0 Å². The van der Waals surface area contributed by atoms with Crippen LogP contribution in [0.4, 0.5) is 5.69 Å². The summed E-state index contributed by atoms with van der Waals surface area (Å²) in [5, 5.41) is 3.08. The molecular formula is C23H31N3O. The predicted octanol–water partition coefficient (Wildman–Crippen LogP) is 3.96. The van der Waals surface area contributed by atoms with E-state index in [4.69, 9.17) is 0 Å². The molecule has 1 fully saturated rings. The summed E-state index contributed by atoms with van der Waals surface area (Å²) >= 11 is 0. The second-order valence-electron chi connectivity index (χ2n) is 7.27. The highest BCUT2D eigenvalue weighted by molar-refractivity contribution is 5.95. The predicted molar refractivity (Wildman–Crippen MR) is 112 cm³/mol. The van der Waals surface area contributed by atoms with Crippen LogP contribution >= 0.6 is 0 Å². The van der Waals surface area contributed by atoms with Crippen LogP contribution in [-0.2, 0) is 11.3 Å². The van der Waals surface area contributed by atoms with Gasteiger partial charge in [0, 0.05) is 38.4 Å². The summed E-state index contributed by atoms with van der Waals surface area (Å²) in [6.07, 6.45) is 0.789. The zero-order chi connectivity index (χ0) is 19.1. The normalized spacial score (nSPS) is 16.8. The molecule has 0 unspecified atom stereocenters. The first-order chi connectivity index (χ1) is 13.2. The minimum atomic E-state index is -0.110. The molecule has 2 aromatic carbocycles. The summed E-state index contributed by atoms with van der Waals surface area (Å²) in [6.45, 7) is 11.0. The highest BCUT2D eigenvalue weighted by Gasteiger charge is 2.19. The molecule has 0 spiro atoms. The van der Waals surface area contributed by atoms with E-state index in [9.17, 15) is 4.79 Å². The van der Waals surface area contributed by atoms with E-state index >= 15 is 0 Å². The summed E-state index contributed by atoms with van der Waals surface area (Å²) in [4.78, 5) is 17.7. The SMILES string of the molecule is CC[C@@H](C(=O)Nc1ccc(CN2CCN(CC)CC2)cc1)c1ccccc1. The first kappa shape index (κ1) is 19.6. The fourth-order valence-corrected chi connectivity index (χ4v) is 3.70.